The van der Waals surface area contributed by atoms with Crippen LogP contribution in [0.3, 0.4) is 0 Å². The van der Waals surface area contributed by atoms with Gasteiger partial charge in [0.25, 0.3) is 0 Å². The van der Waals surface area contributed by atoms with Gasteiger partial charge in [-0.25, -0.2) is 4.68 Å². The molecule has 2 aromatic rings. The Hall–Kier alpha value is -1.81. The molecule has 0 bridgehead atoms. The summed E-state index contributed by atoms with van der Waals surface area (Å²) in [5, 5.41) is 4.69. The smallest absolute Gasteiger partial charge is 0.119 e. The maximum Gasteiger partial charge on any atom is 0.119 e. The first kappa shape index (κ1) is 13.6. The second-order valence-corrected chi connectivity index (χ2v) is 4.39. The van der Waals surface area contributed by atoms with E-state index in [9.17, 15) is 0 Å². The lowest BCUT2D eigenvalue weighted by Gasteiger charge is -2.08. The van der Waals surface area contributed by atoms with Gasteiger partial charge in [-0.2, -0.15) is 5.10 Å². The summed E-state index contributed by atoms with van der Waals surface area (Å²) in [5.41, 5.74) is 10.4. The van der Waals surface area contributed by atoms with Gasteiger partial charge in [-0.3, -0.25) is 0 Å². The second kappa shape index (κ2) is 5.89. The molecular formula is C15H21N3O. The van der Waals surface area contributed by atoms with Gasteiger partial charge in [0.05, 0.1) is 18.5 Å². The third kappa shape index (κ3) is 2.49. The molecule has 0 aliphatic carbocycles. The highest BCUT2D eigenvalue weighted by Gasteiger charge is 2.15. The molecular weight excluding hydrogens is 238 g/mol. The van der Waals surface area contributed by atoms with Crippen molar-refractivity contribution in [1.82, 2.24) is 9.78 Å². The Labute approximate surface area is 114 Å². The summed E-state index contributed by atoms with van der Waals surface area (Å²) in [5.74, 6) is 0.851. The van der Waals surface area contributed by atoms with E-state index in [-0.39, 0.29) is 0 Å². The predicted molar refractivity (Wildman–Crippen MR) is 76.8 cm³/mol. The van der Waals surface area contributed by atoms with Crippen LogP contribution in [0.4, 0.5) is 0 Å². The van der Waals surface area contributed by atoms with Crippen LogP contribution in [0.1, 0.15) is 30.8 Å². The van der Waals surface area contributed by atoms with Gasteiger partial charge in [0.15, 0.2) is 0 Å². The van der Waals surface area contributed by atoms with E-state index in [0.717, 1.165) is 30.0 Å². The Kier molecular flexibility index (Phi) is 4.22. The molecule has 2 rings (SSSR count). The lowest BCUT2D eigenvalue weighted by molar-refractivity contribution is 0.414. The number of nitrogens with two attached hydrogens (primary N) is 1. The molecule has 0 amide bonds. The summed E-state index contributed by atoms with van der Waals surface area (Å²) in [7, 11) is 1.67. The minimum absolute atomic E-state index is 0.544. The minimum atomic E-state index is 0.544. The van der Waals surface area contributed by atoms with E-state index < -0.39 is 0 Å². The number of ether oxygens (including phenoxy) is 1. The van der Waals surface area contributed by atoms with Crippen molar-refractivity contribution in [2.24, 2.45) is 5.73 Å². The summed E-state index contributed by atoms with van der Waals surface area (Å²) in [6.45, 7) is 4.79. The van der Waals surface area contributed by atoms with Crippen LogP contribution in [0, 0.1) is 0 Å². The average Bonchev–Trinajstić information content (AvgIpc) is 2.84. The van der Waals surface area contributed by atoms with E-state index in [1.807, 2.05) is 28.9 Å². The number of methoxy groups -OCH3 is 1. The number of rotatable bonds is 5. The van der Waals surface area contributed by atoms with Crippen LogP contribution in [0.25, 0.3) is 5.69 Å². The summed E-state index contributed by atoms with van der Waals surface area (Å²) < 4.78 is 7.18. The Balaban J connectivity index is 2.50. The van der Waals surface area contributed by atoms with Crippen LogP contribution in [0.15, 0.2) is 24.3 Å². The molecule has 0 saturated heterocycles. The van der Waals surface area contributed by atoms with Crippen molar-refractivity contribution in [3.63, 3.8) is 0 Å². The SMILES string of the molecule is CCc1nn(-c2ccc(OC)cc2)c(CC)c1CN. The van der Waals surface area contributed by atoms with Crippen molar-refractivity contribution in [2.75, 3.05) is 7.11 Å². The molecule has 4 heteroatoms. The van der Waals surface area contributed by atoms with E-state index in [4.69, 9.17) is 15.6 Å². The highest BCUT2D eigenvalue weighted by atomic mass is 16.5. The molecule has 0 atom stereocenters. The number of hydrogen-bond acceptors (Lipinski definition) is 3. The maximum atomic E-state index is 5.87. The van der Waals surface area contributed by atoms with E-state index in [1.165, 1.54) is 11.3 Å². The van der Waals surface area contributed by atoms with Gasteiger partial charge < -0.3 is 10.5 Å². The summed E-state index contributed by atoms with van der Waals surface area (Å²) in [4.78, 5) is 0. The highest BCUT2D eigenvalue weighted by Crippen LogP contribution is 2.21. The van der Waals surface area contributed by atoms with Crippen LogP contribution in [0.2, 0.25) is 0 Å². The van der Waals surface area contributed by atoms with Gasteiger partial charge in [-0.1, -0.05) is 13.8 Å². The van der Waals surface area contributed by atoms with Gasteiger partial charge >= 0.3 is 0 Å². The van der Waals surface area contributed by atoms with Crippen LogP contribution >= 0.6 is 0 Å². The molecule has 0 spiro atoms. The number of aryl methyl sites for hydroxylation is 1. The lowest BCUT2D eigenvalue weighted by Crippen LogP contribution is -2.05. The average molecular weight is 259 g/mol. The van der Waals surface area contributed by atoms with Crippen molar-refractivity contribution in [2.45, 2.75) is 33.2 Å². The molecule has 2 N–H and O–H groups in total. The second-order valence-electron chi connectivity index (χ2n) is 4.39. The van der Waals surface area contributed by atoms with Gasteiger partial charge in [0.1, 0.15) is 5.75 Å². The maximum absolute atomic E-state index is 5.87. The molecule has 0 aliphatic heterocycles. The molecule has 0 fully saturated rings. The lowest BCUT2D eigenvalue weighted by atomic mass is 10.1. The number of nitrogens with zero attached hydrogens (tertiary/aromatic N) is 2. The van der Waals surface area contributed by atoms with E-state index in [1.54, 1.807) is 7.11 Å². The van der Waals surface area contributed by atoms with Crippen LogP contribution in [-0.4, -0.2) is 16.9 Å². The molecule has 1 aromatic carbocycles. The fourth-order valence-electron chi connectivity index (χ4n) is 2.36. The van der Waals surface area contributed by atoms with Gasteiger partial charge in [0.2, 0.25) is 0 Å². The summed E-state index contributed by atoms with van der Waals surface area (Å²) in [6.07, 6.45) is 1.83. The van der Waals surface area contributed by atoms with Crippen LogP contribution < -0.4 is 10.5 Å². The summed E-state index contributed by atoms with van der Waals surface area (Å²) >= 11 is 0. The molecule has 19 heavy (non-hydrogen) atoms. The normalized spacial score (nSPS) is 10.7. The Morgan fingerprint density at radius 3 is 2.32 bits per heavy atom. The fourth-order valence-corrected chi connectivity index (χ4v) is 2.36. The Bertz CT molecular complexity index is 543. The largest absolute Gasteiger partial charge is 0.497 e. The molecule has 102 valence electrons. The van der Waals surface area contributed by atoms with Crippen LogP contribution in [-0.2, 0) is 19.4 Å². The zero-order valence-electron chi connectivity index (χ0n) is 11.8. The zero-order valence-corrected chi connectivity index (χ0v) is 11.8. The van der Waals surface area contributed by atoms with E-state index >= 15 is 0 Å². The van der Waals surface area contributed by atoms with Gasteiger partial charge in [-0.05, 0) is 37.1 Å². The monoisotopic (exact) mass is 259 g/mol. The first-order valence-electron chi connectivity index (χ1n) is 6.69. The molecule has 0 saturated carbocycles. The zero-order chi connectivity index (χ0) is 13.8. The fraction of sp³-hybridized carbons (Fsp3) is 0.400. The quantitative estimate of drug-likeness (QED) is 0.897. The molecule has 4 nitrogen and oxygen atoms in total. The molecule has 1 aromatic heterocycles. The highest BCUT2D eigenvalue weighted by molar-refractivity contribution is 5.41. The van der Waals surface area contributed by atoms with Crippen molar-refractivity contribution < 1.29 is 4.74 Å². The van der Waals surface area contributed by atoms with Crippen molar-refractivity contribution in [3.05, 3.63) is 41.2 Å². The van der Waals surface area contributed by atoms with Gasteiger partial charge in [-0.15, -0.1) is 0 Å². The third-order valence-corrected chi connectivity index (χ3v) is 3.36. The number of benzene rings is 1. The molecule has 0 radical (unpaired) electrons. The topological polar surface area (TPSA) is 53.1 Å². The van der Waals surface area contributed by atoms with E-state index in [2.05, 4.69) is 13.8 Å². The van der Waals surface area contributed by atoms with Crippen LogP contribution in [0.5, 0.6) is 5.75 Å². The molecule has 0 unspecified atom stereocenters. The van der Waals surface area contributed by atoms with E-state index in [0.29, 0.717) is 6.54 Å². The van der Waals surface area contributed by atoms with Crippen molar-refractivity contribution >= 4 is 0 Å². The first-order valence-corrected chi connectivity index (χ1v) is 6.69. The number of hydrogen-bond donors (Lipinski definition) is 1. The van der Waals surface area contributed by atoms with Crippen molar-refractivity contribution in [1.29, 1.82) is 0 Å². The number of aromatic nitrogens is 2. The Morgan fingerprint density at radius 1 is 1.16 bits per heavy atom. The summed E-state index contributed by atoms with van der Waals surface area (Å²) in [6, 6.07) is 7.93. The third-order valence-electron chi connectivity index (χ3n) is 3.36. The molecule has 1 heterocycles. The van der Waals surface area contributed by atoms with Gasteiger partial charge in [0, 0.05) is 17.8 Å². The predicted octanol–water partition coefficient (Wildman–Crippen LogP) is 2.46. The Morgan fingerprint density at radius 2 is 1.84 bits per heavy atom. The molecule has 0 aliphatic rings. The minimum Gasteiger partial charge on any atom is -0.497 e. The standard InChI is InChI=1S/C15H21N3O/c1-4-14-13(10-16)15(5-2)18(17-14)11-6-8-12(19-3)9-7-11/h6-9H,4-5,10,16H2,1-3H3. The first-order chi connectivity index (χ1) is 9.24. The van der Waals surface area contributed by atoms with Crippen molar-refractivity contribution in [3.8, 4) is 11.4 Å².